The summed E-state index contributed by atoms with van der Waals surface area (Å²) in [6.45, 7) is 0. The molecule has 2 aliphatic heterocycles. The quantitative estimate of drug-likeness (QED) is 0.480. The molecule has 2 aliphatic rings. The lowest BCUT2D eigenvalue weighted by atomic mass is 9.49. The highest BCUT2D eigenvalue weighted by Crippen LogP contribution is 2.10. The lowest BCUT2D eigenvalue weighted by Crippen LogP contribution is -2.38. The molecule has 4 nitrogen and oxygen atoms in total. The van der Waals surface area contributed by atoms with Gasteiger partial charge in [0.1, 0.15) is 0 Å². The van der Waals surface area contributed by atoms with Crippen molar-refractivity contribution in [1.82, 2.24) is 0 Å². The Hall–Kier alpha value is -1.19. The first-order valence-electron chi connectivity index (χ1n) is 2.89. The van der Waals surface area contributed by atoms with Crippen molar-refractivity contribution >= 4 is 14.0 Å². The Morgan fingerprint density at radius 2 is 0.900 bits per heavy atom. The Morgan fingerprint density at radius 3 is 1.20 bits per heavy atom. The molecule has 0 aromatic rings. The van der Waals surface area contributed by atoms with Crippen LogP contribution < -0.4 is 0 Å². The Morgan fingerprint density at radius 1 is 0.600 bits per heavy atom. The summed E-state index contributed by atoms with van der Waals surface area (Å²) in [5.74, 6) is 0. The van der Waals surface area contributed by atoms with Gasteiger partial charge in [0.05, 0.1) is 25.0 Å². The third kappa shape index (κ3) is 0.813. The first-order valence-corrected chi connectivity index (χ1v) is 2.89. The predicted molar refractivity (Wildman–Crippen MR) is 34.1 cm³/mol. The van der Waals surface area contributed by atoms with Gasteiger partial charge in [0, 0.05) is 0 Å². The normalized spacial score (nSPS) is 20.0. The summed E-state index contributed by atoms with van der Waals surface area (Å²) in [5, 5.41) is 0. The monoisotopic (exact) mass is 138 g/mol. The molecule has 0 aromatic carbocycles. The van der Waals surface area contributed by atoms with Crippen molar-refractivity contribution in [2.45, 2.75) is 0 Å². The van der Waals surface area contributed by atoms with Crippen LogP contribution >= 0.6 is 0 Å². The Kier molecular flexibility index (Phi) is 1.23. The van der Waals surface area contributed by atoms with E-state index in [1.54, 1.807) is 0 Å². The van der Waals surface area contributed by atoms with Gasteiger partial charge in [-0.3, -0.25) is 0 Å². The molecule has 0 aliphatic carbocycles. The van der Waals surface area contributed by atoms with Crippen LogP contribution in [0.25, 0.3) is 0 Å². The van der Waals surface area contributed by atoms with Crippen LogP contribution in [0.1, 0.15) is 0 Å². The van der Waals surface area contributed by atoms with Gasteiger partial charge >= 0.3 is 14.0 Å². The zero-order valence-corrected chi connectivity index (χ0v) is 5.10. The van der Waals surface area contributed by atoms with E-state index in [1.807, 2.05) is 0 Å². The van der Waals surface area contributed by atoms with E-state index in [4.69, 9.17) is 18.6 Å². The smallest absolute Gasteiger partial charge is 0.530 e. The van der Waals surface area contributed by atoms with Crippen LogP contribution in [-0.4, -0.2) is 14.0 Å². The molecule has 10 heavy (non-hydrogen) atoms. The van der Waals surface area contributed by atoms with Gasteiger partial charge in [-0.25, -0.2) is 0 Å². The molecular formula is C4H4B2O4. The van der Waals surface area contributed by atoms with Crippen molar-refractivity contribution in [3.63, 3.8) is 0 Å². The minimum absolute atomic E-state index is 0.463. The second-order valence-corrected chi connectivity index (χ2v) is 1.83. The van der Waals surface area contributed by atoms with Crippen LogP contribution in [0, 0.1) is 0 Å². The van der Waals surface area contributed by atoms with Crippen LogP contribution in [0.2, 0.25) is 0 Å². The summed E-state index contributed by atoms with van der Waals surface area (Å²) in [4.78, 5) is 0. The lowest BCUT2D eigenvalue weighted by molar-refractivity contribution is 0.369. The molecule has 0 saturated heterocycles. The van der Waals surface area contributed by atoms with Gasteiger partial charge in [-0.05, 0) is 0 Å². The molecule has 0 radical (unpaired) electrons. The van der Waals surface area contributed by atoms with Gasteiger partial charge in [-0.1, -0.05) is 0 Å². The summed E-state index contributed by atoms with van der Waals surface area (Å²) in [6, 6.07) is 0. The Balaban J connectivity index is 1.89. The lowest BCUT2D eigenvalue weighted by Gasteiger charge is -2.05. The second kappa shape index (κ2) is 2.21. The third-order valence-electron chi connectivity index (χ3n) is 1.18. The van der Waals surface area contributed by atoms with Gasteiger partial charge < -0.3 is 18.6 Å². The van der Waals surface area contributed by atoms with E-state index >= 15 is 0 Å². The van der Waals surface area contributed by atoms with E-state index in [9.17, 15) is 0 Å². The molecule has 0 bridgehead atoms. The molecular weight excluding hydrogens is 134 g/mol. The predicted octanol–water partition coefficient (Wildman–Crippen LogP) is 0.0772. The minimum atomic E-state index is -0.463. The van der Waals surface area contributed by atoms with Gasteiger partial charge in [-0.15, -0.1) is 0 Å². The van der Waals surface area contributed by atoms with Crippen molar-refractivity contribution in [2.75, 3.05) is 0 Å². The summed E-state index contributed by atoms with van der Waals surface area (Å²) < 4.78 is 19.8. The fourth-order valence-corrected chi connectivity index (χ4v) is 0.759. The number of hydrogen-bond acceptors (Lipinski definition) is 4. The largest absolute Gasteiger partial charge is 0.657 e. The number of hydrogen-bond donors (Lipinski definition) is 0. The fraction of sp³-hybridized carbons (Fsp3) is 0. The molecule has 50 valence electrons. The van der Waals surface area contributed by atoms with Crippen molar-refractivity contribution in [3.05, 3.63) is 25.0 Å². The summed E-state index contributed by atoms with van der Waals surface area (Å²) in [7, 11) is -0.926. The van der Waals surface area contributed by atoms with E-state index < -0.39 is 14.0 Å². The van der Waals surface area contributed by atoms with Crippen molar-refractivity contribution in [3.8, 4) is 0 Å². The van der Waals surface area contributed by atoms with Crippen LogP contribution in [0.3, 0.4) is 0 Å². The topological polar surface area (TPSA) is 36.9 Å². The van der Waals surface area contributed by atoms with Crippen LogP contribution in [0.15, 0.2) is 25.0 Å². The third-order valence-corrected chi connectivity index (χ3v) is 1.18. The molecule has 0 unspecified atom stereocenters. The Labute approximate surface area is 58.7 Å². The molecule has 0 saturated carbocycles. The molecule has 0 atom stereocenters. The molecule has 2 rings (SSSR count). The van der Waals surface area contributed by atoms with E-state index in [2.05, 4.69) is 0 Å². The first-order chi connectivity index (χ1) is 4.97. The highest BCUT2D eigenvalue weighted by molar-refractivity contribution is 7.11. The maximum Gasteiger partial charge on any atom is 0.657 e. The van der Waals surface area contributed by atoms with E-state index in [0.717, 1.165) is 0 Å². The van der Waals surface area contributed by atoms with Gasteiger partial charge in [0.25, 0.3) is 0 Å². The van der Waals surface area contributed by atoms with Crippen LogP contribution in [0.4, 0.5) is 0 Å². The van der Waals surface area contributed by atoms with Crippen molar-refractivity contribution < 1.29 is 18.6 Å². The maximum atomic E-state index is 4.94. The zero-order chi connectivity index (χ0) is 6.81. The SMILES string of the molecule is C1=COB(B2OC=CO2)O1. The fourth-order valence-electron chi connectivity index (χ4n) is 0.759. The minimum Gasteiger partial charge on any atom is -0.530 e. The molecule has 0 N–H and O–H groups in total. The molecule has 0 fully saturated rings. The molecule has 0 amide bonds. The number of rotatable bonds is 1. The second-order valence-electron chi connectivity index (χ2n) is 1.83. The van der Waals surface area contributed by atoms with Gasteiger partial charge in [0.15, 0.2) is 0 Å². The van der Waals surface area contributed by atoms with E-state index in [0.29, 0.717) is 0 Å². The average Bonchev–Trinajstić information content (AvgIpc) is 2.59. The standard InChI is InChI=1S/C4H4B2O4/c1-2-8-5(7-1)6-9-3-4-10-6/h1-4H. The zero-order valence-electron chi connectivity index (χ0n) is 5.10. The van der Waals surface area contributed by atoms with Crippen molar-refractivity contribution in [1.29, 1.82) is 0 Å². The first kappa shape index (κ1) is 5.58. The summed E-state index contributed by atoms with van der Waals surface area (Å²) in [6.07, 6.45) is 5.82. The highest BCUT2D eigenvalue weighted by Gasteiger charge is 2.49. The molecule has 0 spiro atoms. The average molecular weight is 138 g/mol. The van der Waals surface area contributed by atoms with Crippen LogP contribution in [-0.2, 0) is 18.6 Å². The van der Waals surface area contributed by atoms with E-state index in [-0.39, 0.29) is 0 Å². The summed E-state index contributed by atoms with van der Waals surface area (Å²) >= 11 is 0. The summed E-state index contributed by atoms with van der Waals surface area (Å²) in [5.41, 5.74) is 0. The van der Waals surface area contributed by atoms with Crippen molar-refractivity contribution in [2.24, 2.45) is 0 Å². The molecule has 6 heteroatoms. The van der Waals surface area contributed by atoms with E-state index in [1.165, 1.54) is 25.0 Å². The Bertz CT molecular complexity index is 144. The van der Waals surface area contributed by atoms with Gasteiger partial charge in [-0.2, -0.15) is 0 Å². The highest BCUT2D eigenvalue weighted by atomic mass is 16.7. The maximum absolute atomic E-state index is 4.94. The van der Waals surface area contributed by atoms with Gasteiger partial charge in [0.2, 0.25) is 0 Å². The molecule has 0 aromatic heterocycles. The molecule has 2 heterocycles. The van der Waals surface area contributed by atoms with Crippen LogP contribution in [0.5, 0.6) is 0 Å².